The zero-order valence-corrected chi connectivity index (χ0v) is 15.7. The van der Waals surface area contributed by atoms with Crippen LogP contribution in [0.25, 0.3) is 4.91 Å². The van der Waals surface area contributed by atoms with E-state index in [-0.39, 0.29) is 5.25 Å². The highest BCUT2D eigenvalue weighted by Gasteiger charge is 2.26. The fourth-order valence-corrected chi connectivity index (χ4v) is 4.75. The molecule has 1 nitrogen and oxygen atoms in total. The summed E-state index contributed by atoms with van der Waals surface area (Å²) >= 11 is 1.78. The minimum atomic E-state index is 0.199. The number of allylic oxidation sites excluding steroid dienone is 2. The Morgan fingerprint density at radius 3 is 2.00 bits per heavy atom. The molecule has 3 aromatic rings. The Morgan fingerprint density at radius 2 is 1.37 bits per heavy atom. The Kier molecular flexibility index (Phi) is 5.36. The molecule has 1 aliphatic rings. The molecule has 0 aliphatic carbocycles. The molecule has 0 amide bonds. The molecule has 0 N–H and O–H groups in total. The molecular formula is C25H20OS. The summed E-state index contributed by atoms with van der Waals surface area (Å²) in [5, 5.41) is 0.199. The molecule has 0 saturated carbocycles. The van der Waals surface area contributed by atoms with Gasteiger partial charge in [-0.15, -0.1) is 11.8 Å². The lowest BCUT2D eigenvalue weighted by atomic mass is 9.95. The molecule has 0 spiro atoms. The van der Waals surface area contributed by atoms with E-state index in [2.05, 4.69) is 66.7 Å². The Bertz CT molecular complexity index is 973. The number of rotatable bonds is 5. The van der Waals surface area contributed by atoms with Gasteiger partial charge in [-0.05, 0) is 34.8 Å². The van der Waals surface area contributed by atoms with Crippen molar-refractivity contribution in [3.8, 4) is 0 Å². The standard InChI is InChI=1S/C25H20OS/c26-18-23-17-22(16-19-10-4-1-5-11-19)24(20-12-6-2-7-13-20)27-25(23)21-14-8-3-9-15-21/h1-15,17-18,24H,16H2. The van der Waals surface area contributed by atoms with Crippen LogP contribution in [0.1, 0.15) is 21.9 Å². The van der Waals surface area contributed by atoms with E-state index in [1.165, 1.54) is 16.7 Å². The van der Waals surface area contributed by atoms with Crippen molar-refractivity contribution in [2.75, 3.05) is 0 Å². The van der Waals surface area contributed by atoms with Gasteiger partial charge in [0.2, 0.25) is 0 Å². The van der Waals surface area contributed by atoms with Crippen molar-refractivity contribution in [1.29, 1.82) is 0 Å². The third kappa shape index (κ3) is 3.96. The van der Waals surface area contributed by atoms with E-state index in [0.29, 0.717) is 0 Å². The third-order valence-electron chi connectivity index (χ3n) is 4.69. The summed E-state index contributed by atoms with van der Waals surface area (Å²) < 4.78 is 0. The molecule has 0 radical (unpaired) electrons. The van der Waals surface area contributed by atoms with E-state index in [1.807, 2.05) is 30.3 Å². The maximum absolute atomic E-state index is 11.9. The van der Waals surface area contributed by atoms with Crippen LogP contribution >= 0.6 is 11.8 Å². The molecule has 1 heterocycles. The molecule has 0 aromatic heterocycles. The molecule has 1 unspecified atom stereocenters. The molecular weight excluding hydrogens is 348 g/mol. The first-order valence-electron chi connectivity index (χ1n) is 9.06. The number of aldehydes is 1. The van der Waals surface area contributed by atoms with Gasteiger partial charge >= 0.3 is 0 Å². The number of hydrogen-bond acceptors (Lipinski definition) is 2. The third-order valence-corrected chi connectivity index (χ3v) is 6.21. The van der Waals surface area contributed by atoms with Gasteiger partial charge in [0.1, 0.15) is 0 Å². The maximum atomic E-state index is 11.9. The normalized spacial score (nSPS) is 16.7. The predicted octanol–water partition coefficient (Wildman–Crippen LogP) is 6.25. The largest absolute Gasteiger partial charge is 0.298 e. The molecule has 4 rings (SSSR count). The first-order valence-corrected chi connectivity index (χ1v) is 9.94. The first kappa shape index (κ1) is 17.6. The second-order valence-electron chi connectivity index (χ2n) is 6.56. The van der Waals surface area contributed by atoms with Crippen LogP contribution in [-0.4, -0.2) is 6.29 Å². The lowest BCUT2D eigenvalue weighted by molar-refractivity contribution is -0.104. The SMILES string of the molecule is O=CC1=C(c2ccccc2)SC(c2ccccc2)C(Cc2ccccc2)=C1. The van der Waals surface area contributed by atoms with Crippen molar-refractivity contribution < 1.29 is 4.79 Å². The van der Waals surface area contributed by atoms with Crippen LogP contribution in [0.5, 0.6) is 0 Å². The second kappa shape index (κ2) is 8.24. The second-order valence-corrected chi connectivity index (χ2v) is 7.67. The van der Waals surface area contributed by atoms with Crippen LogP contribution in [0.4, 0.5) is 0 Å². The zero-order chi connectivity index (χ0) is 18.5. The smallest absolute Gasteiger partial charge is 0.151 e. The van der Waals surface area contributed by atoms with E-state index in [1.54, 1.807) is 11.8 Å². The van der Waals surface area contributed by atoms with Crippen molar-refractivity contribution in [3.05, 3.63) is 125 Å². The van der Waals surface area contributed by atoms with Crippen molar-refractivity contribution >= 4 is 23.0 Å². The summed E-state index contributed by atoms with van der Waals surface area (Å²) in [7, 11) is 0. The number of benzene rings is 3. The van der Waals surface area contributed by atoms with Crippen LogP contribution in [-0.2, 0) is 11.2 Å². The Labute approximate surface area is 164 Å². The summed E-state index contributed by atoms with van der Waals surface area (Å²) in [4.78, 5) is 12.9. The average molecular weight is 369 g/mol. The Balaban J connectivity index is 1.79. The van der Waals surface area contributed by atoms with Gasteiger partial charge in [0.05, 0.1) is 5.25 Å². The quantitative estimate of drug-likeness (QED) is 0.495. The van der Waals surface area contributed by atoms with Crippen LogP contribution < -0.4 is 0 Å². The van der Waals surface area contributed by atoms with E-state index in [4.69, 9.17) is 0 Å². The van der Waals surface area contributed by atoms with Gasteiger partial charge in [-0.1, -0.05) is 91.0 Å². The van der Waals surface area contributed by atoms with Crippen LogP contribution in [0.15, 0.2) is 108 Å². The first-order chi connectivity index (χ1) is 13.3. The zero-order valence-electron chi connectivity index (χ0n) is 14.9. The van der Waals surface area contributed by atoms with Gasteiger partial charge < -0.3 is 0 Å². The minimum Gasteiger partial charge on any atom is -0.298 e. The molecule has 27 heavy (non-hydrogen) atoms. The van der Waals surface area contributed by atoms with Gasteiger partial charge in [-0.2, -0.15) is 0 Å². The van der Waals surface area contributed by atoms with Crippen molar-refractivity contribution in [2.24, 2.45) is 0 Å². The molecule has 132 valence electrons. The predicted molar refractivity (Wildman–Crippen MR) is 114 cm³/mol. The fourth-order valence-electron chi connectivity index (χ4n) is 3.40. The summed E-state index contributed by atoms with van der Waals surface area (Å²) in [5.74, 6) is 0. The molecule has 1 aliphatic heterocycles. The minimum absolute atomic E-state index is 0.199. The van der Waals surface area contributed by atoms with Crippen molar-refractivity contribution in [1.82, 2.24) is 0 Å². The number of carbonyl (C=O) groups excluding carboxylic acids is 1. The highest BCUT2D eigenvalue weighted by atomic mass is 32.2. The molecule has 0 saturated heterocycles. The maximum Gasteiger partial charge on any atom is 0.151 e. The van der Waals surface area contributed by atoms with Gasteiger partial charge in [0.15, 0.2) is 6.29 Å². The van der Waals surface area contributed by atoms with Crippen molar-refractivity contribution in [3.63, 3.8) is 0 Å². The highest BCUT2D eigenvalue weighted by molar-refractivity contribution is 8.08. The lowest BCUT2D eigenvalue weighted by Gasteiger charge is -2.27. The van der Waals surface area contributed by atoms with Crippen LogP contribution in [0.3, 0.4) is 0 Å². The molecule has 0 fully saturated rings. The van der Waals surface area contributed by atoms with E-state index >= 15 is 0 Å². The Morgan fingerprint density at radius 1 is 0.778 bits per heavy atom. The van der Waals surface area contributed by atoms with E-state index in [0.717, 1.165) is 28.7 Å². The molecule has 0 bridgehead atoms. The number of carbonyl (C=O) groups is 1. The van der Waals surface area contributed by atoms with Crippen LogP contribution in [0, 0.1) is 0 Å². The highest BCUT2D eigenvalue weighted by Crippen LogP contribution is 2.49. The lowest BCUT2D eigenvalue weighted by Crippen LogP contribution is -2.08. The summed E-state index contributed by atoms with van der Waals surface area (Å²) in [6, 6.07) is 31.2. The van der Waals surface area contributed by atoms with Gasteiger partial charge in [0.25, 0.3) is 0 Å². The topological polar surface area (TPSA) is 17.1 Å². The summed E-state index contributed by atoms with van der Waals surface area (Å²) in [5.41, 5.74) is 5.66. The van der Waals surface area contributed by atoms with Gasteiger partial charge in [-0.3, -0.25) is 4.79 Å². The number of hydrogen-bond donors (Lipinski definition) is 0. The average Bonchev–Trinajstić information content (AvgIpc) is 2.75. The monoisotopic (exact) mass is 368 g/mol. The van der Waals surface area contributed by atoms with Crippen LogP contribution in [0.2, 0.25) is 0 Å². The summed E-state index contributed by atoms with van der Waals surface area (Å²) in [6.07, 6.45) is 3.92. The molecule has 2 heteroatoms. The molecule has 1 atom stereocenters. The molecule has 3 aromatic carbocycles. The summed E-state index contributed by atoms with van der Waals surface area (Å²) in [6.45, 7) is 0. The van der Waals surface area contributed by atoms with Crippen molar-refractivity contribution in [2.45, 2.75) is 11.7 Å². The van der Waals surface area contributed by atoms with Gasteiger partial charge in [0, 0.05) is 10.5 Å². The fraction of sp³-hybridized carbons (Fsp3) is 0.0800. The van der Waals surface area contributed by atoms with E-state index < -0.39 is 0 Å². The number of thioether (sulfide) groups is 1. The Hall–Kier alpha value is -2.84. The van der Waals surface area contributed by atoms with E-state index in [9.17, 15) is 4.79 Å². The van der Waals surface area contributed by atoms with Gasteiger partial charge in [-0.25, -0.2) is 0 Å².